The first-order valence-corrected chi connectivity index (χ1v) is 13.2. The fourth-order valence-corrected chi connectivity index (χ4v) is 7.38. The summed E-state index contributed by atoms with van der Waals surface area (Å²) >= 11 is 1.29. The van der Waals surface area contributed by atoms with Gasteiger partial charge in [0.15, 0.2) is 11.5 Å². The molecular weight excluding hydrogens is 478 g/mol. The number of benzene rings is 2. The Labute approximate surface area is 201 Å². The number of sulfonamides is 1. The Bertz CT molecular complexity index is 1240. The lowest BCUT2D eigenvalue weighted by atomic mass is 10.2. The van der Waals surface area contributed by atoms with Crippen LogP contribution >= 0.6 is 11.8 Å². The number of carbonyl (C=O) groups is 3. The second-order valence-electron chi connectivity index (χ2n) is 8.26. The van der Waals surface area contributed by atoms with Crippen molar-refractivity contribution in [2.24, 2.45) is 0 Å². The van der Waals surface area contributed by atoms with Gasteiger partial charge in [0.1, 0.15) is 0 Å². The second kappa shape index (κ2) is 8.71. The van der Waals surface area contributed by atoms with Crippen molar-refractivity contribution in [2.45, 2.75) is 27.5 Å². The normalized spacial score (nSPS) is 22.4. The summed E-state index contributed by atoms with van der Waals surface area (Å²) in [6.07, 6.45) is 0.552. The molecule has 178 valence electrons. The fourth-order valence-electron chi connectivity index (χ4n) is 4.52. The van der Waals surface area contributed by atoms with Crippen LogP contribution in [0.3, 0.4) is 0 Å². The monoisotopic (exact) mass is 501 g/mol. The zero-order valence-corrected chi connectivity index (χ0v) is 19.9. The minimum absolute atomic E-state index is 0.142. The molecule has 3 aliphatic rings. The van der Waals surface area contributed by atoms with Crippen LogP contribution in [0, 0.1) is 0 Å². The topological polar surface area (TPSA) is 104 Å². The summed E-state index contributed by atoms with van der Waals surface area (Å²) in [5.74, 6) is -1.15. The molecule has 0 spiro atoms. The van der Waals surface area contributed by atoms with E-state index in [0.29, 0.717) is 12.1 Å². The number of hydrogen-bond acceptors (Lipinski definition) is 7. The number of nitrogens with zero attached hydrogens (tertiary/aromatic N) is 3. The van der Waals surface area contributed by atoms with E-state index < -0.39 is 33.4 Å². The highest BCUT2D eigenvalue weighted by Gasteiger charge is 2.58. The SMILES string of the molecule is O=C(COC(=O)C12CCC(=O)N1c1ccccc1S2)N1CCN(S(=O)(=O)c2ccccc2)CC1. The predicted molar refractivity (Wildman–Crippen MR) is 124 cm³/mol. The van der Waals surface area contributed by atoms with Gasteiger partial charge in [-0.3, -0.25) is 14.5 Å². The third kappa shape index (κ3) is 3.77. The van der Waals surface area contributed by atoms with E-state index in [1.165, 1.54) is 25.9 Å². The molecule has 1 atom stereocenters. The largest absolute Gasteiger partial charge is 0.453 e. The van der Waals surface area contributed by atoms with Crippen LogP contribution in [0.1, 0.15) is 12.8 Å². The van der Waals surface area contributed by atoms with E-state index in [1.807, 2.05) is 18.2 Å². The third-order valence-electron chi connectivity index (χ3n) is 6.29. The molecule has 3 heterocycles. The number of ether oxygens (including phenoxy) is 1. The minimum atomic E-state index is -3.62. The molecule has 2 aromatic carbocycles. The lowest BCUT2D eigenvalue weighted by molar-refractivity contribution is -0.154. The van der Waals surface area contributed by atoms with Crippen LogP contribution in [0.15, 0.2) is 64.4 Å². The molecule has 11 heteroatoms. The van der Waals surface area contributed by atoms with E-state index in [-0.39, 0.29) is 43.4 Å². The first-order valence-electron chi connectivity index (χ1n) is 10.9. The zero-order valence-electron chi connectivity index (χ0n) is 18.3. The average molecular weight is 502 g/mol. The van der Waals surface area contributed by atoms with Gasteiger partial charge in [0.05, 0.1) is 10.6 Å². The molecule has 0 bridgehead atoms. The van der Waals surface area contributed by atoms with Crippen LogP contribution < -0.4 is 4.90 Å². The molecule has 0 saturated carbocycles. The lowest BCUT2D eigenvalue weighted by Gasteiger charge is -2.34. The van der Waals surface area contributed by atoms with Gasteiger partial charge in [-0.1, -0.05) is 42.1 Å². The van der Waals surface area contributed by atoms with E-state index in [0.717, 1.165) is 4.90 Å². The summed E-state index contributed by atoms with van der Waals surface area (Å²) in [6.45, 7) is 0.282. The van der Waals surface area contributed by atoms with E-state index >= 15 is 0 Å². The first-order chi connectivity index (χ1) is 16.3. The molecule has 0 aliphatic carbocycles. The Kier molecular flexibility index (Phi) is 5.86. The van der Waals surface area contributed by atoms with Gasteiger partial charge in [-0.2, -0.15) is 4.31 Å². The molecule has 1 unspecified atom stereocenters. The van der Waals surface area contributed by atoms with Crippen molar-refractivity contribution >= 4 is 45.3 Å². The van der Waals surface area contributed by atoms with Gasteiger partial charge in [0.25, 0.3) is 5.91 Å². The fraction of sp³-hybridized carbons (Fsp3) is 0.348. The molecular formula is C23H23N3O6S2. The molecule has 2 aromatic rings. The van der Waals surface area contributed by atoms with E-state index in [9.17, 15) is 22.8 Å². The van der Waals surface area contributed by atoms with Gasteiger partial charge in [0.2, 0.25) is 15.9 Å². The Hall–Kier alpha value is -2.89. The van der Waals surface area contributed by atoms with Gasteiger partial charge in [-0.05, 0) is 24.3 Å². The Morgan fingerprint density at radius 2 is 1.65 bits per heavy atom. The van der Waals surface area contributed by atoms with Crippen molar-refractivity contribution in [1.29, 1.82) is 0 Å². The van der Waals surface area contributed by atoms with Gasteiger partial charge < -0.3 is 9.64 Å². The number of fused-ring (bicyclic) bond motifs is 3. The Morgan fingerprint density at radius 3 is 2.38 bits per heavy atom. The number of esters is 1. The maximum Gasteiger partial charge on any atom is 0.344 e. The van der Waals surface area contributed by atoms with Gasteiger partial charge in [-0.25, -0.2) is 13.2 Å². The number of amides is 2. The number of para-hydroxylation sites is 1. The molecule has 2 saturated heterocycles. The Balaban J connectivity index is 1.19. The molecule has 0 radical (unpaired) electrons. The second-order valence-corrected chi connectivity index (χ2v) is 11.5. The number of thioether (sulfide) groups is 1. The summed E-state index contributed by atoms with van der Waals surface area (Å²) in [5, 5.41) is 0. The smallest absolute Gasteiger partial charge is 0.344 e. The summed E-state index contributed by atoms with van der Waals surface area (Å²) in [4.78, 5) is 41.2. The van der Waals surface area contributed by atoms with Crippen LogP contribution in [0.25, 0.3) is 0 Å². The van der Waals surface area contributed by atoms with Crippen molar-refractivity contribution in [3.8, 4) is 0 Å². The summed E-state index contributed by atoms with van der Waals surface area (Å²) < 4.78 is 32.3. The van der Waals surface area contributed by atoms with Gasteiger partial charge in [0, 0.05) is 43.9 Å². The molecule has 9 nitrogen and oxygen atoms in total. The van der Waals surface area contributed by atoms with Crippen LogP contribution in [0.2, 0.25) is 0 Å². The lowest BCUT2D eigenvalue weighted by Crippen LogP contribution is -2.52. The van der Waals surface area contributed by atoms with E-state index in [4.69, 9.17) is 4.74 Å². The first kappa shape index (κ1) is 22.9. The quantitative estimate of drug-likeness (QED) is 0.575. The molecule has 0 N–H and O–H groups in total. The van der Waals surface area contributed by atoms with E-state index in [1.54, 1.807) is 36.4 Å². The van der Waals surface area contributed by atoms with Crippen LogP contribution in [0.5, 0.6) is 0 Å². The minimum Gasteiger partial charge on any atom is -0.453 e. The molecule has 0 aromatic heterocycles. The number of piperazine rings is 1. The molecule has 2 amide bonds. The van der Waals surface area contributed by atoms with Gasteiger partial charge >= 0.3 is 5.97 Å². The Morgan fingerprint density at radius 1 is 0.971 bits per heavy atom. The van der Waals surface area contributed by atoms with Crippen molar-refractivity contribution in [3.05, 3.63) is 54.6 Å². The van der Waals surface area contributed by atoms with Crippen molar-refractivity contribution in [3.63, 3.8) is 0 Å². The summed E-state index contributed by atoms with van der Waals surface area (Å²) in [6, 6.07) is 15.5. The molecule has 5 rings (SSSR count). The van der Waals surface area contributed by atoms with Crippen LogP contribution in [-0.4, -0.2) is 73.1 Å². The average Bonchev–Trinajstić information content (AvgIpc) is 3.38. The number of carbonyl (C=O) groups excluding carboxylic acids is 3. The number of hydrogen-bond donors (Lipinski definition) is 0. The van der Waals surface area contributed by atoms with Crippen molar-refractivity contribution in [1.82, 2.24) is 9.21 Å². The van der Waals surface area contributed by atoms with E-state index in [2.05, 4.69) is 0 Å². The predicted octanol–water partition coefficient (Wildman–Crippen LogP) is 1.69. The third-order valence-corrected chi connectivity index (χ3v) is 9.66. The standard InChI is InChI=1S/C23H23N3O6S2/c27-20-10-11-23(26(20)18-8-4-5-9-19(18)33-23)22(29)32-16-21(28)24-12-14-25(15-13-24)34(30,31)17-6-2-1-3-7-17/h1-9H,10-16H2. The number of anilines is 1. The molecule has 34 heavy (non-hydrogen) atoms. The number of rotatable bonds is 5. The van der Waals surface area contributed by atoms with Gasteiger partial charge in [-0.15, -0.1) is 0 Å². The highest BCUT2D eigenvalue weighted by molar-refractivity contribution is 8.02. The summed E-state index contributed by atoms with van der Waals surface area (Å²) in [7, 11) is -3.62. The zero-order chi connectivity index (χ0) is 23.9. The maximum absolute atomic E-state index is 13.1. The van der Waals surface area contributed by atoms with Crippen LogP contribution in [0.4, 0.5) is 5.69 Å². The van der Waals surface area contributed by atoms with Crippen molar-refractivity contribution < 1.29 is 27.5 Å². The maximum atomic E-state index is 13.1. The highest BCUT2D eigenvalue weighted by atomic mass is 32.2. The summed E-state index contributed by atoms with van der Waals surface area (Å²) in [5.41, 5.74) is 0.689. The molecule has 3 aliphatic heterocycles. The highest BCUT2D eigenvalue weighted by Crippen LogP contribution is 2.56. The van der Waals surface area contributed by atoms with Crippen LogP contribution in [-0.2, 0) is 29.1 Å². The van der Waals surface area contributed by atoms with Crippen molar-refractivity contribution in [2.75, 3.05) is 37.7 Å². The molecule has 2 fully saturated rings.